The zero-order valence-electron chi connectivity index (χ0n) is 15.5. The Morgan fingerprint density at radius 3 is 2.13 bits per heavy atom. The number of hydrogen-bond donors (Lipinski definition) is 0. The Morgan fingerprint density at radius 2 is 1.63 bits per heavy atom. The van der Waals surface area contributed by atoms with Crippen molar-refractivity contribution in [2.75, 3.05) is 0 Å². The molecule has 0 aromatic heterocycles. The van der Waals surface area contributed by atoms with Crippen molar-refractivity contribution in [2.45, 2.75) is 6.92 Å². The molecule has 0 bridgehead atoms. The first-order valence-electron chi connectivity index (χ1n) is 8.10. The second-order valence-electron chi connectivity index (χ2n) is 5.41. The van der Waals surface area contributed by atoms with E-state index in [2.05, 4.69) is 17.1 Å². The maximum absolute atomic E-state index is 10.6. The molecule has 0 heterocycles. The molecular weight excluding hydrogens is 518 g/mol. The van der Waals surface area contributed by atoms with E-state index in [1.165, 1.54) is 30.3 Å². The fourth-order valence-electron chi connectivity index (χ4n) is 1.93. The van der Waals surface area contributed by atoms with E-state index in [0.717, 1.165) is 11.3 Å². The fraction of sp³-hybridized carbons (Fsp3) is 0.0500. The standard InChI is InChI=1S/C14H11N2O2.C6H4NO2.2ClH.Ru/c1-11-5-7-13(8-6-11)15-10-12-3-2-4-14(9-12)16(17)18;8-7(9)6-4-2-1-3-5-6;;;/h2,4-10H,1H3;1-4H;2*1H;/q2*-1;;;+4/p-2. The van der Waals surface area contributed by atoms with Crippen LogP contribution in [0.25, 0.3) is 0 Å². The van der Waals surface area contributed by atoms with Gasteiger partial charge in [-0.1, -0.05) is 35.9 Å². The van der Waals surface area contributed by atoms with Crippen LogP contribution in [0.2, 0.25) is 0 Å². The molecule has 3 rings (SSSR count). The first kappa shape index (κ1) is 25.4. The summed E-state index contributed by atoms with van der Waals surface area (Å²) >= 11 is -0.346. The summed E-state index contributed by atoms with van der Waals surface area (Å²) < 4.78 is 0. The van der Waals surface area contributed by atoms with Crippen LogP contribution in [0.4, 0.5) is 17.1 Å². The molecule has 0 radical (unpaired) electrons. The fourth-order valence-corrected chi connectivity index (χ4v) is 1.93. The van der Waals surface area contributed by atoms with Gasteiger partial charge in [0, 0.05) is 9.85 Å². The van der Waals surface area contributed by atoms with Crippen molar-refractivity contribution in [3.63, 3.8) is 0 Å². The summed E-state index contributed by atoms with van der Waals surface area (Å²) in [4.78, 5) is 23.9. The van der Waals surface area contributed by atoms with E-state index >= 15 is 0 Å². The van der Waals surface area contributed by atoms with Crippen molar-refractivity contribution < 1.29 is 25.0 Å². The SMILES string of the molecule is Cc1ccc(N=Cc2[c-]ccc([N+](=O)[O-])c2)cc1.O=[N+]([O-])c1[c-]cccc1.[Cl][Ru+2][Cl]. The Morgan fingerprint density at radius 1 is 0.967 bits per heavy atom. The van der Waals surface area contributed by atoms with E-state index in [1.807, 2.05) is 31.2 Å². The summed E-state index contributed by atoms with van der Waals surface area (Å²) in [7, 11) is 9.71. The molecule has 0 aliphatic rings. The molecule has 3 aromatic rings. The third-order valence-electron chi connectivity index (χ3n) is 3.29. The summed E-state index contributed by atoms with van der Waals surface area (Å²) in [6.45, 7) is 2.00. The topological polar surface area (TPSA) is 98.6 Å². The van der Waals surface area contributed by atoms with E-state index in [0.29, 0.717) is 5.56 Å². The predicted octanol–water partition coefficient (Wildman–Crippen LogP) is 6.23. The number of rotatable bonds is 4. The van der Waals surface area contributed by atoms with Crippen molar-refractivity contribution in [2.24, 2.45) is 4.99 Å². The van der Waals surface area contributed by atoms with Crippen molar-refractivity contribution in [1.82, 2.24) is 0 Å². The van der Waals surface area contributed by atoms with Gasteiger partial charge in [-0.3, -0.25) is 20.2 Å². The molecule has 30 heavy (non-hydrogen) atoms. The Kier molecular flexibility index (Phi) is 12.1. The average Bonchev–Trinajstić information content (AvgIpc) is 2.75. The number of halogens is 2. The van der Waals surface area contributed by atoms with Crippen LogP contribution >= 0.6 is 19.4 Å². The van der Waals surface area contributed by atoms with Crippen LogP contribution in [-0.2, 0) is 15.1 Å². The van der Waals surface area contributed by atoms with Gasteiger partial charge in [0.1, 0.15) is 0 Å². The first-order chi connectivity index (χ1) is 14.4. The molecule has 0 amide bonds. The monoisotopic (exact) mass is 533 g/mol. The van der Waals surface area contributed by atoms with Crippen LogP contribution in [-0.4, -0.2) is 16.1 Å². The van der Waals surface area contributed by atoms with Gasteiger partial charge in [-0.05, 0) is 25.3 Å². The second-order valence-corrected chi connectivity index (χ2v) is 8.05. The van der Waals surface area contributed by atoms with Crippen LogP contribution in [0.5, 0.6) is 0 Å². The number of para-hydroxylation sites is 1. The predicted molar refractivity (Wildman–Crippen MR) is 114 cm³/mol. The van der Waals surface area contributed by atoms with Gasteiger partial charge >= 0.3 is 34.5 Å². The molecule has 0 atom stereocenters. The Labute approximate surface area is 189 Å². The Hall–Kier alpha value is -2.67. The Balaban J connectivity index is 0.000000313. The van der Waals surface area contributed by atoms with Gasteiger partial charge in [0.05, 0.1) is 5.69 Å². The number of nitrogens with zero attached hydrogens (tertiary/aromatic N) is 3. The third-order valence-corrected chi connectivity index (χ3v) is 3.29. The van der Waals surface area contributed by atoms with Gasteiger partial charge in [-0.25, -0.2) is 0 Å². The molecule has 0 N–H and O–H groups in total. The van der Waals surface area contributed by atoms with Crippen LogP contribution < -0.4 is 0 Å². The summed E-state index contributed by atoms with van der Waals surface area (Å²) in [5, 5.41) is 20.6. The molecule has 0 unspecified atom stereocenters. The van der Waals surface area contributed by atoms with Crippen molar-refractivity contribution in [3.05, 3.63) is 110 Å². The van der Waals surface area contributed by atoms with Crippen LogP contribution in [0.15, 0.2) is 71.7 Å². The third kappa shape index (κ3) is 10.2. The number of non-ortho nitro benzene ring substituents is 2. The number of aryl methyl sites for hydroxylation is 1. The van der Waals surface area contributed by atoms with Crippen molar-refractivity contribution in [3.8, 4) is 0 Å². The molecule has 0 spiro atoms. The van der Waals surface area contributed by atoms with E-state index in [9.17, 15) is 20.2 Å². The van der Waals surface area contributed by atoms with Crippen LogP contribution in [0, 0.1) is 39.3 Å². The van der Waals surface area contributed by atoms with Crippen LogP contribution in [0.3, 0.4) is 0 Å². The average molecular weight is 533 g/mol. The van der Waals surface area contributed by atoms with Gasteiger partial charge in [0.2, 0.25) is 0 Å². The zero-order valence-corrected chi connectivity index (χ0v) is 18.8. The number of benzene rings is 3. The first-order valence-corrected chi connectivity index (χ1v) is 12.6. The number of nitro benzene ring substituents is 2. The van der Waals surface area contributed by atoms with Gasteiger partial charge in [0.15, 0.2) is 11.4 Å². The molecular formula is C20H15Cl2N3O4Ru. The molecule has 0 saturated heterocycles. The maximum atomic E-state index is 10.6. The minimum atomic E-state index is -0.472. The summed E-state index contributed by atoms with van der Waals surface area (Å²) in [5.41, 5.74) is 2.61. The van der Waals surface area contributed by atoms with E-state index in [-0.39, 0.29) is 26.5 Å². The normalized spacial score (nSPS) is 9.70. The molecule has 0 aliphatic carbocycles. The zero-order chi connectivity index (χ0) is 22.4. The van der Waals surface area contributed by atoms with Gasteiger partial charge < -0.3 is 4.99 Å². The van der Waals surface area contributed by atoms with Crippen LogP contribution in [0.1, 0.15) is 11.1 Å². The summed E-state index contributed by atoms with van der Waals surface area (Å²) in [6.07, 6.45) is 1.57. The molecule has 3 aromatic carbocycles. The molecule has 0 aliphatic heterocycles. The number of hydrogen-bond acceptors (Lipinski definition) is 5. The van der Waals surface area contributed by atoms with E-state index in [4.69, 9.17) is 19.4 Å². The Bertz CT molecular complexity index is 971. The van der Waals surface area contributed by atoms with Gasteiger partial charge in [-0.2, -0.15) is 18.2 Å². The summed E-state index contributed by atoms with van der Waals surface area (Å²) in [6, 6.07) is 23.6. The molecule has 0 fully saturated rings. The van der Waals surface area contributed by atoms with Gasteiger partial charge in [0.25, 0.3) is 0 Å². The molecule has 10 heteroatoms. The van der Waals surface area contributed by atoms with E-state index in [1.54, 1.807) is 18.3 Å². The molecule has 156 valence electrons. The summed E-state index contributed by atoms with van der Waals surface area (Å²) in [5.74, 6) is 0. The number of nitro groups is 2. The van der Waals surface area contributed by atoms with Crippen molar-refractivity contribution >= 4 is 42.7 Å². The quantitative estimate of drug-likeness (QED) is 0.131. The molecule has 7 nitrogen and oxygen atoms in total. The van der Waals surface area contributed by atoms with Crippen molar-refractivity contribution in [1.29, 1.82) is 0 Å². The second kappa shape index (κ2) is 14.3. The minimum absolute atomic E-state index is 0.0116. The van der Waals surface area contributed by atoms with E-state index < -0.39 is 9.85 Å². The number of aliphatic imine (C=N–C) groups is 1. The molecule has 0 saturated carbocycles. The van der Waals surface area contributed by atoms with Gasteiger partial charge in [-0.15, -0.1) is 23.8 Å².